The lowest BCUT2D eigenvalue weighted by Gasteiger charge is -2.19. The second-order valence-corrected chi connectivity index (χ2v) is 5.87. The van der Waals surface area contributed by atoms with Crippen molar-refractivity contribution in [2.75, 3.05) is 13.1 Å². The van der Waals surface area contributed by atoms with Crippen molar-refractivity contribution in [1.82, 2.24) is 14.9 Å². The van der Waals surface area contributed by atoms with Gasteiger partial charge in [0.2, 0.25) is 0 Å². The smallest absolute Gasteiger partial charge is 0.410 e. The van der Waals surface area contributed by atoms with Crippen molar-refractivity contribution >= 4 is 17.7 Å². The lowest BCUT2D eigenvalue weighted by molar-refractivity contribution is 0.0977. The normalized spacial score (nSPS) is 14.1. The van der Waals surface area contributed by atoms with Gasteiger partial charge in [0.05, 0.1) is 5.69 Å². The third-order valence-electron chi connectivity index (χ3n) is 3.87. The number of fused-ring (bicyclic) bond motifs is 1. The van der Waals surface area contributed by atoms with Crippen LogP contribution in [0.4, 0.5) is 4.79 Å². The van der Waals surface area contributed by atoms with Crippen LogP contribution in [0.2, 0.25) is 5.15 Å². The van der Waals surface area contributed by atoms with Crippen molar-refractivity contribution in [2.24, 2.45) is 0 Å². The maximum Gasteiger partial charge on any atom is 0.410 e. The highest BCUT2D eigenvalue weighted by atomic mass is 35.5. The monoisotopic (exact) mass is 331 g/mol. The summed E-state index contributed by atoms with van der Waals surface area (Å²) >= 11 is 6.20. The molecule has 2 heterocycles. The largest absolute Gasteiger partial charge is 0.445 e. The Labute approximate surface area is 140 Å². The molecule has 0 fully saturated rings. The van der Waals surface area contributed by atoms with E-state index in [4.69, 9.17) is 16.3 Å². The van der Waals surface area contributed by atoms with Crippen LogP contribution in [0, 0.1) is 6.92 Å². The molecule has 5 nitrogen and oxygen atoms in total. The molecular weight excluding hydrogens is 314 g/mol. The first-order chi connectivity index (χ1) is 11.1. The van der Waals surface area contributed by atoms with Gasteiger partial charge in [-0.3, -0.25) is 0 Å². The standard InChI is InChI=1S/C17H18ClN3O2/c1-12-19-15-8-10-21(9-7-14(15)16(18)20-12)17(22)23-11-13-5-3-2-4-6-13/h2-6H,7-11H2,1H3. The maximum atomic E-state index is 12.3. The fourth-order valence-corrected chi connectivity index (χ4v) is 2.99. The Morgan fingerprint density at radius 2 is 1.96 bits per heavy atom. The van der Waals surface area contributed by atoms with Gasteiger partial charge in [-0.05, 0) is 18.9 Å². The van der Waals surface area contributed by atoms with Crippen LogP contribution in [0.25, 0.3) is 0 Å². The number of halogens is 1. The molecule has 3 rings (SSSR count). The number of hydrogen-bond acceptors (Lipinski definition) is 4. The summed E-state index contributed by atoms with van der Waals surface area (Å²) in [5.74, 6) is 0.661. The highest BCUT2D eigenvalue weighted by Crippen LogP contribution is 2.21. The van der Waals surface area contributed by atoms with Crippen LogP contribution in [0.1, 0.15) is 22.6 Å². The Kier molecular flexibility index (Phi) is 4.76. The van der Waals surface area contributed by atoms with E-state index < -0.39 is 0 Å². The van der Waals surface area contributed by atoms with Crippen molar-refractivity contribution in [3.63, 3.8) is 0 Å². The van der Waals surface area contributed by atoms with Crippen molar-refractivity contribution < 1.29 is 9.53 Å². The molecule has 1 aliphatic rings. The highest BCUT2D eigenvalue weighted by Gasteiger charge is 2.22. The topological polar surface area (TPSA) is 55.3 Å². The van der Waals surface area contributed by atoms with E-state index >= 15 is 0 Å². The number of aryl methyl sites for hydroxylation is 1. The zero-order valence-electron chi connectivity index (χ0n) is 13.0. The fraction of sp³-hybridized carbons (Fsp3) is 0.353. The summed E-state index contributed by atoms with van der Waals surface area (Å²) in [6.45, 7) is 3.24. The van der Waals surface area contributed by atoms with E-state index in [0.29, 0.717) is 36.9 Å². The number of ether oxygens (including phenoxy) is 1. The molecule has 0 N–H and O–H groups in total. The molecule has 0 unspecified atom stereocenters. The number of hydrogen-bond donors (Lipinski definition) is 0. The van der Waals surface area contributed by atoms with Crippen LogP contribution in [0.5, 0.6) is 0 Å². The Bertz CT molecular complexity index is 706. The molecule has 6 heteroatoms. The first-order valence-electron chi connectivity index (χ1n) is 7.61. The number of carbonyl (C=O) groups excluding carboxylic acids is 1. The molecular formula is C17H18ClN3O2. The molecule has 2 aromatic rings. The number of aromatic nitrogens is 2. The summed E-state index contributed by atoms with van der Waals surface area (Å²) in [4.78, 5) is 22.6. The lowest BCUT2D eigenvalue weighted by Crippen LogP contribution is -2.33. The third kappa shape index (κ3) is 3.79. The van der Waals surface area contributed by atoms with Gasteiger partial charge in [0.1, 0.15) is 17.6 Å². The average Bonchev–Trinajstić information content (AvgIpc) is 2.76. The van der Waals surface area contributed by atoms with Crippen LogP contribution >= 0.6 is 11.6 Å². The Hall–Kier alpha value is -2.14. The molecule has 0 spiro atoms. The zero-order chi connectivity index (χ0) is 16.2. The quantitative estimate of drug-likeness (QED) is 0.793. The minimum atomic E-state index is -0.303. The van der Waals surface area contributed by atoms with E-state index in [1.165, 1.54) is 0 Å². The van der Waals surface area contributed by atoms with Gasteiger partial charge >= 0.3 is 6.09 Å². The predicted molar refractivity (Wildman–Crippen MR) is 87.4 cm³/mol. The molecule has 1 aromatic heterocycles. The molecule has 0 aliphatic carbocycles. The van der Waals surface area contributed by atoms with Gasteiger partial charge in [0.15, 0.2) is 0 Å². The van der Waals surface area contributed by atoms with Gasteiger partial charge in [0, 0.05) is 25.1 Å². The molecule has 0 bridgehead atoms. The number of amides is 1. The van der Waals surface area contributed by atoms with Crippen molar-refractivity contribution in [1.29, 1.82) is 0 Å². The van der Waals surface area contributed by atoms with Crippen molar-refractivity contribution in [3.05, 3.63) is 58.1 Å². The van der Waals surface area contributed by atoms with Gasteiger partial charge in [-0.1, -0.05) is 41.9 Å². The Balaban J connectivity index is 1.62. The van der Waals surface area contributed by atoms with Crippen LogP contribution in [-0.4, -0.2) is 34.1 Å². The van der Waals surface area contributed by atoms with Crippen LogP contribution in [-0.2, 0) is 24.2 Å². The van der Waals surface area contributed by atoms with E-state index in [2.05, 4.69) is 9.97 Å². The summed E-state index contributed by atoms with van der Waals surface area (Å²) in [6.07, 6.45) is 1.01. The summed E-state index contributed by atoms with van der Waals surface area (Å²) < 4.78 is 5.39. The summed E-state index contributed by atoms with van der Waals surface area (Å²) in [6, 6.07) is 9.65. The fourth-order valence-electron chi connectivity index (χ4n) is 2.66. The molecule has 0 atom stereocenters. The maximum absolute atomic E-state index is 12.3. The van der Waals surface area contributed by atoms with Gasteiger partial charge < -0.3 is 9.64 Å². The SMILES string of the molecule is Cc1nc(Cl)c2c(n1)CCN(C(=O)OCc1ccccc1)CC2. The Morgan fingerprint density at radius 3 is 2.74 bits per heavy atom. The first kappa shape index (κ1) is 15.7. The van der Waals surface area contributed by atoms with Gasteiger partial charge in [0.25, 0.3) is 0 Å². The molecule has 120 valence electrons. The molecule has 23 heavy (non-hydrogen) atoms. The average molecular weight is 332 g/mol. The van der Waals surface area contributed by atoms with Crippen molar-refractivity contribution in [2.45, 2.75) is 26.4 Å². The number of benzene rings is 1. The van der Waals surface area contributed by atoms with Gasteiger partial charge in [-0.15, -0.1) is 0 Å². The zero-order valence-corrected chi connectivity index (χ0v) is 13.7. The van der Waals surface area contributed by atoms with Crippen LogP contribution in [0.3, 0.4) is 0 Å². The van der Waals surface area contributed by atoms with Crippen LogP contribution < -0.4 is 0 Å². The Morgan fingerprint density at radius 1 is 1.22 bits per heavy atom. The molecule has 1 aliphatic heterocycles. The highest BCUT2D eigenvalue weighted by molar-refractivity contribution is 6.30. The second-order valence-electron chi connectivity index (χ2n) is 5.51. The molecule has 1 amide bonds. The summed E-state index contributed by atoms with van der Waals surface area (Å²) in [7, 11) is 0. The molecule has 0 radical (unpaired) electrons. The van der Waals surface area contributed by atoms with Gasteiger partial charge in [-0.25, -0.2) is 14.8 Å². The van der Waals surface area contributed by atoms with Crippen LogP contribution in [0.15, 0.2) is 30.3 Å². The minimum Gasteiger partial charge on any atom is -0.445 e. The molecule has 0 saturated carbocycles. The third-order valence-corrected chi connectivity index (χ3v) is 4.18. The summed E-state index contributed by atoms with van der Waals surface area (Å²) in [5, 5.41) is 0.493. The number of nitrogens with zero attached hydrogens (tertiary/aromatic N) is 3. The lowest BCUT2D eigenvalue weighted by atomic mass is 10.1. The molecule has 0 saturated heterocycles. The summed E-state index contributed by atoms with van der Waals surface area (Å²) in [5.41, 5.74) is 2.85. The first-order valence-corrected chi connectivity index (χ1v) is 7.99. The number of carbonyl (C=O) groups is 1. The second kappa shape index (κ2) is 6.96. The van der Waals surface area contributed by atoms with E-state index in [1.807, 2.05) is 37.3 Å². The van der Waals surface area contributed by atoms with Gasteiger partial charge in [-0.2, -0.15) is 0 Å². The molecule has 1 aromatic carbocycles. The van der Waals surface area contributed by atoms with E-state index in [0.717, 1.165) is 16.8 Å². The predicted octanol–water partition coefficient (Wildman–Crippen LogP) is 3.18. The van der Waals surface area contributed by atoms with Crippen molar-refractivity contribution in [3.8, 4) is 0 Å². The van der Waals surface area contributed by atoms with E-state index in [9.17, 15) is 4.79 Å². The van der Waals surface area contributed by atoms with E-state index in [1.54, 1.807) is 4.90 Å². The van der Waals surface area contributed by atoms with E-state index in [-0.39, 0.29) is 12.7 Å². The minimum absolute atomic E-state index is 0.281. The number of rotatable bonds is 2.